The molecule has 0 rings (SSSR count). The molecule has 0 aliphatic carbocycles. The molecule has 80 heavy (non-hydrogen) atoms. The van der Waals surface area contributed by atoms with Crippen molar-refractivity contribution in [3.63, 3.8) is 0 Å². The molecule has 0 fully saturated rings. The topological polar surface area (TPSA) is 72.8 Å². The van der Waals surface area contributed by atoms with Crippen molar-refractivity contribution in [1.82, 2.24) is 0 Å². The van der Waals surface area contributed by atoms with Gasteiger partial charge in [-0.05, 0) is 128 Å². The van der Waals surface area contributed by atoms with Crippen molar-refractivity contribution in [1.29, 1.82) is 0 Å². The number of hydrogen-bond acceptors (Lipinski definition) is 5. The van der Waals surface area contributed by atoms with Crippen LogP contribution >= 0.6 is 0 Å². The number of aliphatic hydroxyl groups is 1. The number of aliphatic hydroxyl groups excluding tert-OH is 1. The van der Waals surface area contributed by atoms with Crippen LogP contribution in [-0.4, -0.2) is 36.4 Å². The van der Waals surface area contributed by atoms with Gasteiger partial charge in [0.2, 0.25) is 0 Å². The van der Waals surface area contributed by atoms with Crippen molar-refractivity contribution >= 4 is 11.9 Å². The maximum Gasteiger partial charge on any atom is 0.306 e. The molecule has 0 aromatic carbocycles. The summed E-state index contributed by atoms with van der Waals surface area (Å²) < 4.78 is 10.7. The minimum absolute atomic E-state index is 0.0806. The standard InChI is InChI=1S/C75H122O5/c1-3-5-7-9-11-13-15-17-19-21-23-25-27-29-31-33-34-35-36-37-38-39-40-42-44-46-48-50-52-54-56-58-60-62-64-66-68-70-75(78)80-73(71-76)72-79-74(77)69-67-65-63-61-59-57-55-53-51-49-47-45-43-41-32-30-28-26-24-22-20-18-16-14-12-10-8-6-4-2/h5,7,11,13,16-19,22-25,28-31,34-35,37-38,40,42,46,48,52,54,73,76H,3-4,6,8-10,12,14-15,20-21,26-27,32-33,36,39,41,43-45,47,49-51,53,55-72H2,1-2H3/b7-5-,13-11-,18-16-,19-17-,24-22-,25-23-,30-28-,31-29-,35-34-,38-37-,42-40-,48-46-,54-52-. The fraction of sp³-hybridized carbons (Fsp3) is 0.627. The first kappa shape index (κ1) is 75.5. The Hall–Kier alpha value is -4.48. The van der Waals surface area contributed by atoms with Crippen LogP contribution in [0.1, 0.15) is 284 Å². The van der Waals surface area contributed by atoms with Gasteiger partial charge in [0.1, 0.15) is 6.61 Å². The van der Waals surface area contributed by atoms with Gasteiger partial charge in [-0.25, -0.2) is 0 Å². The third-order valence-corrected chi connectivity index (χ3v) is 13.8. The highest BCUT2D eigenvalue weighted by Crippen LogP contribution is 2.15. The van der Waals surface area contributed by atoms with Gasteiger partial charge in [-0.15, -0.1) is 0 Å². The van der Waals surface area contributed by atoms with E-state index in [9.17, 15) is 14.7 Å². The molecule has 0 spiro atoms. The maximum atomic E-state index is 12.3. The van der Waals surface area contributed by atoms with Crippen molar-refractivity contribution in [2.45, 2.75) is 290 Å². The molecule has 0 aromatic rings. The molecule has 5 heteroatoms. The van der Waals surface area contributed by atoms with Crippen molar-refractivity contribution < 1.29 is 24.2 Å². The fourth-order valence-corrected chi connectivity index (χ4v) is 8.89. The van der Waals surface area contributed by atoms with Gasteiger partial charge in [-0.1, -0.05) is 300 Å². The van der Waals surface area contributed by atoms with Gasteiger partial charge in [0.05, 0.1) is 6.61 Å². The van der Waals surface area contributed by atoms with Crippen LogP contribution in [0.5, 0.6) is 0 Å². The van der Waals surface area contributed by atoms with Crippen molar-refractivity contribution in [2.75, 3.05) is 13.2 Å². The third-order valence-electron chi connectivity index (χ3n) is 13.8. The lowest BCUT2D eigenvalue weighted by Crippen LogP contribution is -2.28. The maximum absolute atomic E-state index is 12.3. The second kappa shape index (κ2) is 68.8. The van der Waals surface area contributed by atoms with E-state index < -0.39 is 6.10 Å². The number of ether oxygens (including phenoxy) is 2. The zero-order valence-electron chi connectivity index (χ0n) is 51.8. The molecule has 0 heterocycles. The smallest absolute Gasteiger partial charge is 0.306 e. The first-order valence-electron chi connectivity index (χ1n) is 33.0. The largest absolute Gasteiger partial charge is 0.462 e. The van der Waals surface area contributed by atoms with Crippen LogP contribution in [0.25, 0.3) is 0 Å². The van der Waals surface area contributed by atoms with E-state index in [0.717, 1.165) is 122 Å². The molecule has 0 aliphatic rings. The molecule has 0 saturated carbocycles. The molecule has 0 radical (unpaired) electrons. The molecule has 0 aliphatic heterocycles. The fourth-order valence-electron chi connectivity index (χ4n) is 8.89. The molecular formula is C75H122O5. The quantitative estimate of drug-likeness (QED) is 0.0373. The monoisotopic (exact) mass is 1100 g/mol. The molecule has 0 aromatic heterocycles. The Morgan fingerprint density at radius 2 is 0.537 bits per heavy atom. The summed E-state index contributed by atoms with van der Waals surface area (Å²) in [5.74, 6) is -0.612. The molecule has 5 nitrogen and oxygen atoms in total. The summed E-state index contributed by atoms with van der Waals surface area (Å²) in [5.41, 5.74) is 0. The van der Waals surface area contributed by atoms with Gasteiger partial charge in [-0.2, -0.15) is 0 Å². The van der Waals surface area contributed by atoms with Crippen molar-refractivity contribution in [3.05, 3.63) is 158 Å². The Kier molecular flexibility index (Phi) is 64.9. The zero-order valence-corrected chi connectivity index (χ0v) is 51.8. The van der Waals surface area contributed by atoms with Crippen LogP contribution in [0.15, 0.2) is 158 Å². The van der Waals surface area contributed by atoms with Gasteiger partial charge in [-0.3, -0.25) is 9.59 Å². The van der Waals surface area contributed by atoms with Crippen LogP contribution in [0.4, 0.5) is 0 Å². The number of allylic oxidation sites excluding steroid dienone is 26. The summed E-state index contributed by atoms with van der Waals surface area (Å²) in [6, 6.07) is 0. The summed E-state index contributed by atoms with van der Waals surface area (Å²) in [6.45, 7) is 4.01. The molecule has 452 valence electrons. The Morgan fingerprint density at radius 3 is 0.812 bits per heavy atom. The second-order valence-corrected chi connectivity index (χ2v) is 21.5. The Balaban J connectivity index is 3.59. The number of carbonyl (C=O) groups excluding carboxylic acids is 2. The predicted octanol–water partition coefficient (Wildman–Crippen LogP) is 23.1. The van der Waals surface area contributed by atoms with E-state index in [2.05, 4.69) is 172 Å². The Morgan fingerprint density at radius 1 is 0.300 bits per heavy atom. The van der Waals surface area contributed by atoms with Crippen LogP contribution in [0.3, 0.4) is 0 Å². The minimum Gasteiger partial charge on any atom is -0.462 e. The highest BCUT2D eigenvalue weighted by atomic mass is 16.6. The van der Waals surface area contributed by atoms with Crippen LogP contribution in [0.2, 0.25) is 0 Å². The number of esters is 2. The third kappa shape index (κ3) is 66.0. The first-order valence-corrected chi connectivity index (χ1v) is 33.0. The minimum atomic E-state index is -0.793. The molecule has 0 bridgehead atoms. The van der Waals surface area contributed by atoms with E-state index in [1.54, 1.807) is 0 Å². The average molecular weight is 1100 g/mol. The lowest BCUT2D eigenvalue weighted by molar-refractivity contribution is -0.161. The number of unbranched alkanes of at least 4 members (excludes halogenated alkanes) is 25. The van der Waals surface area contributed by atoms with Crippen molar-refractivity contribution in [3.8, 4) is 0 Å². The SMILES string of the molecule is CC/C=C\C/C=C\C/C=C\C/C=C\C/C=C\C/C=C\C/C=C\C/C=C\C/C=C\C/C=C\CCCCCCCCC(=O)OC(CO)COC(=O)CCCCCCCCCCCCCCCC/C=C\C/C=C\C/C=C\CCCCCCC. The number of hydrogen-bond donors (Lipinski definition) is 1. The molecular weight excluding hydrogens is 981 g/mol. The predicted molar refractivity (Wildman–Crippen MR) is 352 cm³/mol. The van der Waals surface area contributed by atoms with Gasteiger partial charge < -0.3 is 14.6 Å². The van der Waals surface area contributed by atoms with E-state index in [0.29, 0.717) is 12.8 Å². The Bertz CT molecular complexity index is 1730. The number of rotatable bonds is 59. The van der Waals surface area contributed by atoms with Crippen molar-refractivity contribution in [2.24, 2.45) is 0 Å². The highest BCUT2D eigenvalue weighted by Gasteiger charge is 2.16. The van der Waals surface area contributed by atoms with Gasteiger partial charge >= 0.3 is 11.9 Å². The summed E-state index contributed by atoms with van der Waals surface area (Å²) >= 11 is 0. The van der Waals surface area contributed by atoms with E-state index in [1.165, 1.54) is 135 Å². The molecule has 1 unspecified atom stereocenters. The molecule has 0 amide bonds. The summed E-state index contributed by atoms with van der Waals surface area (Å²) in [7, 11) is 0. The Labute approximate surface area is 494 Å². The first-order chi connectivity index (χ1) is 39.6. The summed E-state index contributed by atoms with van der Waals surface area (Å²) in [6.07, 6.45) is 105. The molecule has 0 saturated heterocycles. The number of carbonyl (C=O) groups is 2. The van der Waals surface area contributed by atoms with E-state index >= 15 is 0 Å². The summed E-state index contributed by atoms with van der Waals surface area (Å²) in [5, 5.41) is 9.69. The lowest BCUT2D eigenvalue weighted by atomic mass is 10.0. The van der Waals surface area contributed by atoms with Crippen LogP contribution in [-0.2, 0) is 19.1 Å². The lowest BCUT2D eigenvalue weighted by Gasteiger charge is -2.15. The summed E-state index contributed by atoms with van der Waals surface area (Å²) in [4.78, 5) is 24.6. The van der Waals surface area contributed by atoms with Gasteiger partial charge in [0.25, 0.3) is 0 Å². The van der Waals surface area contributed by atoms with Gasteiger partial charge in [0, 0.05) is 12.8 Å². The van der Waals surface area contributed by atoms with E-state index in [-0.39, 0.29) is 25.2 Å². The van der Waals surface area contributed by atoms with E-state index in [4.69, 9.17) is 9.47 Å². The van der Waals surface area contributed by atoms with Gasteiger partial charge in [0.15, 0.2) is 6.10 Å². The highest BCUT2D eigenvalue weighted by molar-refractivity contribution is 5.70. The van der Waals surface area contributed by atoms with Crippen LogP contribution in [0, 0.1) is 0 Å². The average Bonchev–Trinajstić information content (AvgIpc) is 3.46. The van der Waals surface area contributed by atoms with E-state index in [1.807, 2.05) is 0 Å². The zero-order chi connectivity index (χ0) is 57.6. The molecule has 1 N–H and O–H groups in total. The molecule has 1 atom stereocenters. The van der Waals surface area contributed by atoms with Crippen LogP contribution < -0.4 is 0 Å². The normalized spacial score (nSPS) is 13.3. The second-order valence-electron chi connectivity index (χ2n) is 21.5.